The molecule has 1 unspecified atom stereocenters. The summed E-state index contributed by atoms with van der Waals surface area (Å²) in [5.41, 5.74) is 1.32. The quantitative estimate of drug-likeness (QED) is 0.353. The molecule has 0 aliphatic heterocycles. The Balaban J connectivity index is 2.08. The molecule has 7 nitrogen and oxygen atoms in total. The van der Waals surface area contributed by atoms with Crippen molar-refractivity contribution >= 4 is 39.1 Å². The van der Waals surface area contributed by atoms with Crippen molar-refractivity contribution in [3.8, 4) is 0 Å². The average Bonchev–Trinajstić information content (AvgIpc) is 2.90. The van der Waals surface area contributed by atoms with Gasteiger partial charge in [0, 0.05) is 17.1 Å². The molecular formula is C30H36ClN3O4S. The maximum atomic E-state index is 14.0. The van der Waals surface area contributed by atoms with Gasteiger partial charge in [0.2, 0.25) is 11.8 Å². The van der Waals surface area contributed by atoms with E-state index in [2.05, 4.69) is 5.32 Å². The van der Waals surface area contributed by atoms with Gasteiger partial charge in [-0.15, -0.1) is 0 Å². The van der Waals surface area contributed by atoms with Crippen LogP contribution in [0, 0.1) is 0 Å². The van der Waals surface area contributed by atoms with Crippen molar-refractivity contribution in [2.75, 3.05) is 10.8 Å². The van der Waals surface area contributed by atoms with E-state index in [9.17, 15) is 18.0 Å². The lowest BCUT2D eigenvalue weighted by molar-refractivity contribution is -0.140. The molecule has 0 radical (unpaired) electrons. The number of hydrogen-bond acceptors (Lipinski definition) is 4. The number of anilines is 1. The van der Waals surface area contributed by atoms with Gasteiger partial charge >= 0.3 is 0 Å². The molecule has 0 saturated carbocycles. The molecule has 1 N–H and O–H groups in total. The lowest BCUT2D eigenvalue weighted by Gasteiger charge is -2.34. The van der Waals surface area contributed by atoms with Crippen LogP contribution in [0.1, 0.15) is 45.7 Å². The fourth-order valence-corrected chi connectivity index (χ4v) is 5.82. The third-order valence-electron chi connectivity index (χ3n) is 6.22. The largest absolute Gasteiger partial charge is 0.350 e. The molecule has 0 aromatic heterocycles. The SMILES string of the molecule is CCc1ccccc1N(CC(=O)N(Cc1ccccc1Cl)C(C)C(=O)NC(C)(C)C)S(=O)(=O)c1ccccc1. The number of carbonyl (C=O) groups is 2. The van der Waals surface area contributed by atoms with Crippen molar-refractivity contribution in [1.82, 2.24) is 10.2 Å². The van der Waals surface area contributed by atoms with Gasteiger partial charge in [0.15, 0.2) is 0 Å². The fourth-order valence-electron chi connectivity index (χ4n) is 4.15. The fraction of sp³-hybridized carbons (Fsp3) is 0.333. The van der Waals surface area contributed by atoms with Crippen LogP contribution in [0.3, 0.4) is 0 Å². The van der Waals surface area contributed by atoms with Gasteiger partial charge in [0.05, 0.1) is 10.6 Å². The molecule has 3 rings (SSSR count). The second kappa shape index (κ2) is 12.7. The van der Waals surface area contributed by atoms with Crippen LogP contribution < -0.4 is 9.62 Å². The Morgan fingerprint density at radius 2 is 1.46 bits per heavy atom. The lowest BCUT2D eigenvalue weighted by Crippen LogP contribution is -2.54. The first-order valence-corrected chi connectivity index (χ1v) is 14.7. The number of hydrogen-bond donors (Lipinski definition) is 1. The Bertz CT molecular complexity index is 1400. The number of rotatable bonds is 10. The molecule has 2 amide bonds. The first-order chi connectivity index (χ1) is 18.3. The van der Waals surface area contributed by atoms with Gasteiger partial charge in [0.25, 0.3) is 10.0 Å². The standard InChI is InChI=1S/C30H36ClN3O4S/c1-6-23-14-11-13-19-27(23)34(39(37,38)25-16-8-7-9-17-25)21-28(35)33(20-24-15-10-12-18-26(24)31)22(2)29(36)32-30(3,4)5/h7-19,22H,6,20-21H2,1-5H3,(H,32,36). The number of nitrogens with one attached hydrogen (secondary N) is 1. The Morgan fingerprint density at radius 3 is 2.05 bits per heavy atom. The predicted molar refractivity (Wildman–Crippen MR) is 156 cm³/mol. The van der Waals surface area contributed by atoms with E-state index >= 15 is 0 Å². The van der Waals surface area contributed by atoms with Gasteiger partial charge < -0.3 is 10.2 Å². The zero-order valence-corrected chi connectivity index (χ0v) is 24.6. The van der Waals surface area contributed by atoms with E-state index in [1.165, 1.54) is 17.0 Å². The molecule has 9 heteroatoms. The van der Waals surface area contributed by atoms with Gasteiger partial charge in [0.1, 0.15) is 12.6 Å². The summed E-state index contributed by atoms with van der Waals surface area (Å²) < 4.78 is 29.0. The van der Waals surface area contributed by atoms with Crippen molar-refractivity contribution in [3.05, 3.63) is 95.0 Å². The Labute approximate surface area is 236 Å². The highest BCUT2D eigenvalue weighted by molar-refractivity contribution is 7.92. The summed E-state index contributed by atoms with van der Waals surface area (Å²) in [5.74, 6) is -0.883. The second-order valence-electron chi connectivity index (χ2n) is 10.3. The Kier molecular flexibility index (Phi) is 9.80. The molecule has 0 saturated heterocycles. The van der Waals surface area contributed by atoms with E-state index in [1.807, 2.05) is 39.8 Å². The van der Waals surface area contributed by atoms with Gasteiger partial charge in [-0.2, -0.15) is 0 Å². The van der Waals surface area contributed by atoms with Crippen molar-refractivity contribution in [1.29, 1.82) is 0 Å². The minimum absolute atomic E-state index is 0.0336. The molecule has 0 spiro atoms. The van der Waals surface area contributed by atoms with Crippen LogP contribution in [0.15, 0.2) is 83.8 Å². The van der Waals surface area contributed by atoms with Gasteiger partial charge in [-0.05, 0) is 69.5 Å². The summed E-state index contributed by atoms with van der Waals surface area (Å²) in [5, 5.41) is 3.36. The number of benzene rings is 3. The summed E-state index contributed by atoms with van der Waals surface area (Å²) in [6, 6.07) is 21.3. The first kappa shape index (κ1) is 30.2. The normalized spacial score (nSPS) is 12.5. The molecule has 0 bridgehead atoms. The van der Waals surface area contributed by atoms with Crippen molar-refractivity contribution < 1.29 is 18.0 Å². The summed E-state index contributed by atoms with van der Waals surface area (Å²) in [4.78, 5) is 28.7. The van der Waals surface area contributed by atoms with Gasteiger partial charge in [-0.3, -0.25) is 13.9 Å². The number of nitrogens with zero attached hydrogens (tertiary/aromatic N) is 2. The lowest BCUT2D eigenvalue weighted by atomic mass is 10.1. The third kappa shape index (κ3) is 7.61. The maximum absolute atomic E-state index is 14.0. The number of amides is 2. The minimum Gasteiger partial charge on any atom is -0.350 e. The van der Waals surface area contributed by atoms with E-state index in [4.69, 9.17) is 11.6 Å². The molecule has 208 valence electrons. The second-order valence-corrected chi connectivity index (χ2v) is 12.6. The van der Waals surface area contributed by atoms with Crippen molar-refractivity contribution in [2.45, 2.75) is 64.1 Å². The highest BCUT2D eigenvalue weighted by Crippen LogP contribution is 2.28. The molecule has 0 aliphatic rings. The van der Waals surface area contributed by atoms with E-state index in [1.54, 1.807) is 61.5 Å². The summed E-state index contributed by atoms with van der Waals surface area (Å²) in [6.45, 7) is 8.66. The first-order valence-electron chi connectivity index (χ1n) is 12.9. The molecule has 1 atom stereocenters. The average molecular weight is 570 g/mol. The number of sulfonamides is 1. The van der Waals surface area contributed by atoms with E-state index in [0.717, 1.165) is 9.87 Å². The van der Waals surface area contributed by atoms with Crippen LogP contribution in [0.2, 0.25) is 5.02 Å². The smallest absolute Gasteiger partial charge is 0.264 e. The third-order valence-corrected chi connectivity index (χ3v) is 8.36. The van der Waals surface area contributed by atoms with Crippen molar-refractivity contribution in [3.63, 3.8) is 0 Å². The predicted octanol–water partition coefficient (Wildman–Crippen LogP) is 5.43. The summed E-state index contributed by atoms with van der Waals surface area (Å²) in [6.07, 6.45) is 0.568. The molecule has 0 heterocycles. The zero-order valence-electron chi connectivity index (χ0n) is 23.0. The van der Waals surface area contributed by atoms with E-state index in [0.29, 0.717) is 22.7 Å². The summed E-state index contributed by atoms with van der Waals surface area (Å²) in [7, 11) is -4.11. The molecule has 39 heavy (non-hydrogen) atoms. The van der Waals surface area contributed by atoms with Crippen molar-refractivity contribution in [2.24, 2.45) is 0 Å². The number of halogens is 1. The van der Waals surface area contributed by atoms with Crippen LogP contribution in [-0.2, 0) is 32.6 Å². The van der Waals surface area contributed by atoms with E-state index < -0.39 is 34.1 Å². The Morgan fingerprint density at radius 1 is 0.897 bits per heavy atom. The molecule has 0 aliphatic carbocycles. The van der Waals surface area contributed by atoms with Crippen LogP contribution in [0.4, 0.5) is 5.69 Å². The van der Waals surface area contributed by atoms with Gasteiger partial charge in [-0.25, -0.2) is 8.42 Å². The summed E-state index contributed by atoms with van der Waals surface area (Å²) >= 11 is 6.41. The zero-order chi connectivity index (χ0) is 28.8. The maximum Gasteiger partial charge on any atom is 0.264 e. The highest BCUT2D eigenvalue weighted by atomic mass is 35.5. The minimum atomic E-state index is -4.11. The molecule has 3 aromatic carbocycles. The molecular weight excluding hydrogens is 534 g/mol. The molecule has 3 aromatic rings. The van der Waals surface area contributed by atoms with Crippen LogP contribution >= 0.6 is 11.6 Å². The topological polar surface area (TPSA) is 86.8 Å². The van der Waals surface area contributed by atoms with E-state index in [-0.39, 0.29) is 17.3 Å². The van der Waals surface area contributed by atoms with Crippen LogP contribution in [0.25, 0.3) is 0 Å². The number of carbonyl (C=O) groups excluding carboxylic acids is 2. The Hall–Kier alpha value is -3.36. The highest BCUT2D eigenvalue weighted by Gasteiger charge is 2.34. The number of aryl methyl sites for hydroxylation is 1. The number of para-hydroxylation sites is 1. The molecule has 0 fully saturated rings. The monoisotopic (exact) mass is 569 g/mol. The van der Waals surface area contributed by atoms with Crippen LogP contribution in [-0.4, -0.2) is 43.3 Å². The van der Waals surface area contributed by atoms with Gasteiger partial charge in [-0.1, -0.05) is 73.1 Å². The van der Waals surface area contributed by atoms with Crippen LogP contribution in [0.5, 0.6) is 0 Å².